The van der Waals surface area contributed by atoms with Crippen molar-refractivity contribution in [3.63, 3.8) is 0 Å². The van der Waals surface area contributed by atoms with Gasteiger partial charge in [-0.2, -0.15) is 4.94 Å². The second-order valence-corrected chi connectivity index (χ2v) is 8.79. The van der Waals surface area contributed by atoms with Crippen LogP contribution >= 0.6 is 23.1 Å². The summed E-state index contributed by atoms with van der Waals surface area (Å²) in [6, 6.07) is 11.0. The number of hydrogen-bond donors (Lipinski definition) is 1. The van der Waals surface area contributed by atoms with Gasteiger partial charge >= 0.3 is 5.97 Å². The van der Waals surface area contributed by atoms with Crippen LogP contribution in [0.4, 0.5) is 4.53 Å². The summed E-state index contributed by atoms with van der Waals surface area (Å²) >= 11 is 3.25. The van der Waals surface area contributed by atoms with Gasteiger partial charge < -0.3 is 14.6 Å². The van der Waals surface area contributed by atoms with E-state index in [9.17, 15) is 9.32 Å². The third kappa shape index (κ3) is 5.96. The maximum atomic E-state index is 12.0. The number of hydrogen-bond acceptors (Lipinski definition) is 7. The van der Waals surface area contributed by atoms with Crippen molar-refractivity contribution in [2.45, 2.75) is 31.1 Å². The molecule has 9 heteroatoms. The number of nitrogens with zero attached hydrogens (tertiary/aromatic N) is 1. The molecule has 0 spiro atoms. The highest BCUT2D eigenvalue weighted by molar-refractivity contribution is 7.98. The molecular weight excluding hydrogens is 441 g/mol. The monoisotopic (exact) mass is 463 g/mol. The summed E-state index contributed by atoms with van der Waals surface area (Å²) in [5.74, 6) is 0.776. The lowest BCUT2D eigenvalue weighted by atomic mass is 10.1. The first kappa shape index (κ1) is 23.1. The molecule has 0 fully saturated rings. The van der Waals surface area contributed by atoms with Crippen molar-refractivity contribution in [1.82, 2.24) is 4.98 Å². The number of thioether (sulfide) groups is 1. The molecule has 0 aliphatic heterocycles. The first-order valence-electron chi connectivity index (χ1n) is 9.36. The Kier molecular flexibility index (Phi) is 7.89. The molecule has 0 aliphatic carbocycles. The molecule has 0 amide bonds. The van der Waals surface area contributed by atoms with Gasteiger partial charge in [0, 0.05) is 22.3 Å². The van der Waals surface area contributed by atoms with Crippen molar-refractivity contribution in [3.05, 3.63) is 58.1 Å². The summed E-state index contributed by atoms with van der Waals surface area (Å²) < 4.78 is 22.8. The van der Waals surface area contributed by atoms with Gasteiger partial charge in [-0.15, -0.1) is 23.1 Å². The third-order valence-corrected chi connectivity index (χ3v) is 7.09. The molecule has 31 heavy (non-hydrogen) atoms. The van der Waals surface area contributed by atoms with Gasteiger partial charge in [0.15, 0.2) is 6.61 Å². The van der Waals surface area contributed by atoms with Crippen molar-refractivity contribution in [3.8, 4) is 22.1 Å². The first-order chi connectivity index (χ1) is 14.9. The number of rotatable bonds is 10. The maximum Gasteiger partial charge on any atom is 0.341 e. The van der Waals surface area contributed by atoms with Gasteiger partial charge in [0.1, 0.15) is 23.1 Å². The van der Waals surface area contributed by atoms with Crippen LogP contribution in [0.5, 0.6) is 11.5 Å². The number of aryl methyl sites for hydroxylation is 2. The minimum Gasteiger partial charge on any atom is -0.495 e. The van der Waals surface area contributed by atoms with E-state index in [1.807, 2.05) is 38.1 Å². The molecule has 1 N–H and O–H groups in total. The Hall–Kier alpha value is -2.62. The molecule has 3 rings (SSSR count). The van der Waals surface area contributed by atoms with Gasteiger partial charge in [-0.1, -0.05) is 24.3 Å². The lowest BCUT2D eigenvalue weighted by Crippen LogP contribution is -2.09. The van der Waals surface area contributed by atoms with E-state index in [4.69, 9.17) is 14.6 Å². The highest BCUT2D eigenvalue weighted by atomic mass is 32.2. The second-order valence-electron chi connectivity index (χ2n) is 6.72. The number of benzene rings is 2. The summed E-state index contributed by atoms with van der Waals surface area (Å²) in [5.41, 5.74) is 3.63. The zero-order valence-corrected chi connectivity index (χ0v) is 18.9. The van der Waals surface area contributed by atoms with Crippen LogP contribution in [0.1, 0.15) is 21.7 Å². The standard InChI is InChI=1S/C22H22FNO5S2/c1-13-8-17(28-11-20(25)26)9-18(27-3)21(13)30-12-19-14(2)24-22(31-19)16-6-4-15(5-7-16)10-29-23/h4-9H,10-12H2,1-3H3,(H,25,26). The van der Waals surface area contributed by atoms with Gasteiger partial charge in [-0.3, -0.25) is 0 Å². The second kappa shape index (κ2) is 10.6. The summed E-state index contributed by atoms with van der Waals surface area (Å²) in [6.07, 6.45) is 0. The Labute approximate surface area is 187 Å². The fourth-order valence-electron chi connectivity index (χ4n) is 2.90. The number of carboxylic acids is 1. The van der Waals surface area contributed by atoms with Crippen molar-refractivity contribution in [2.75, 3.05) is 13.7 Å². The van der Waals surface area contributed by atoms with E-state index in [-0.39, 0.29) is 6.61 Å². The van der Waals surface area contributed by atoms with E-state index in [2.05, 4.69) is 9.93 Å². The van der Waals surface area contributed by atoms with Crippen molar-refractivity contribution >= 4 is 29.1 Å². The van der Waals surface area contributed by atoms with E-state index in [0.29, 0.717) is 17.3 Å². The van der Waals surface area contributed by atoms with E-state index in [1.54, 1.807) is 42.3 Å². The fraction of sp³-hybridized carbons (Fsp3) is 0.273. The number of halogens is 1. The van der Waals surface area contributed by atoms with Crippen LogP contribution in [-0.2, 0) is 22.1 Å². The molecule has 0 saturated carbocycles. The van der Waals surface area contributed by atoms with Crippen LogP contribution in [0.2, 0.25) is 0 Å². The number of methoxy groups -OCH3 is 1. The van der Waals surface area contributed by atoms with Gasteiger partial charge in [-0.25, -0.2) is 9.78 Å². The molecule has 0 atom stereocenters. The number of carboxylic acid groups (broad SMARTS) is 1. The predicted molar refractivity (Wildman–Crippen MR) is 119 cm³/mol. The molecule has 0 radical (unpaired) electrons. The van der Waals surface area contributed by atoms with Crippen LogP contribution in [0.25, 0.3) is 10.6 Å². The average molecular weight is 464 g/mol. The molecule has 0 saturated heterocycles. The van der Waals surface area contributed by atoms with E-state index < -0.39 is 12.6 Å². The lowest BCUT2D eigenvalue weighted by Gasteiger charge is -2.13. The highest BCUT2D eigenvalue weighted by Crippen LogP contribution is 2.40. The molecule has 6 nitrogen and oxygen atoms in total. The predicted octanol–water partition coefficient (Wildman–Crippen LogP) is 5.59. The molecule has 1 heterocycles. The largest absolute Gasteiger partial charge is 0.495 e. The number of ether oxygens (including phenoxy) is 2. The Morgan fingerprint density at radius 1 is 1.23 bits per heavy atom. The molecule has 0 bridgehead atoms. The maximum absolute atomic E-state index is 12.0. The smallest absolute Gasteiger partial charge is 0.341 e. The van der Waals surface area contributed by atoms with Crippen molar-refractivity contribution in [1.29, 1.82) is 0 Å². The van der Waals surface area contributed by atoms with Crippen LogP contribution in [0.15, 0.2) is 41.3 Å². The summed E-state index contributed by atoms with van der Waals surface area (Å²) in [6.45, 7) is 3.44. The molecule has 0 aliphatic rings. The minimum absolute atomic E-state index is 0.0691. The normalized spacial score (nSPS) is 10.8. The lowest BCUT2D eigenvalue weighted by molar-refractivity contribution is -0.144. The van der Waals surface area contributed by atoms with Gasteiger partial charge in [-0.05, 0) is 35.6 Å². The van der Waals surface area contributed by atoms with Crippen molar-refractivity contribution in [2.24, 2.45) is 0 Å². The zero-order valence-electron chi connectivity index (χ0n) is 17.3. The molecule has 3 aromatic rings. The number of thiazole rings is 1. The van der Waals surface area contributed by atoms with E-state index in [0.717, 1.165) is 37.2 Å². The van der Waals surface area contributed by atoms with E-state index >= 15 is 0 Å². The molecule has 0 unspecified atom stereocenters. The van der Waals surface area contributed by atoms with Crippen LogP contribution < -0.4 is 9.47 Å². The molecule has 164 valence electrons. The van der Waals surface area contributed by atoms with Gasteiger partial charge in [0.25, 0.3) is 0 Å². The number of aliphatic carboxylic acids is 1. The Morgan fingerprint density at radius 2 is 1.97 bits per heavy atom. The SMILES string of the molecule is COc1cc(OCC(=O)O)cc(C)c1SCc1sc(-c2ccc(COF)cc2)nc1C. The Morgan fingerprint density at radius 3 is 2.61 bits per heavy atom. The van der Waals surface area contributed by atoms with Crippen LogP contribution in [0.3, 0.4) is 0 Å². The number of aromatic nitrogens is 1. The molecule has 1 aromatic heterocycles. The molecule has 2 aromatic carbocycles. The quantitative estimate of drug-likeness (QED) is 0.393. The average Bonchev–Trinajstić information content (AvgIpc) is 3.12. The van der Waals surface area contributed by atoms with Gasteiger partial charge in [0.05, 0.1) is 17.7 Å². The van der Waals surface area contributed by atoms with Crippen molar-refractivity contribution < 1.29 is 28.8 Å². The fourth-order valence-corrected chi connectivity index (χ4v) is 5.24. The highest BCUT2D eigenvalue weighted by Gasteiger charge is 2.15. The van der Waals surface area contributed by atoms with Crippen LogP contribution in [0, 0.1) is 13.8 Å². The summed E-state index contributed by atoms with van der Waals surface area (Å²) in [5, 5.41) is 9.70. The summed E-state index contributed by atoms with van der Waals surface area (Å²) in [7, 11) is 1.58. The third-order valence-electron chi connectivity index (χ3n) is 4.46. The Balaban J connectivity index is 1.74. The molecular formula is C22H22FNO5S2. The Bertz CT molecular complexity index is 1050. The number of carbonyl (C=O) groups is 1. The topological polar surface area (TPSA) is 77.9 Å². The van der Waals surface area contributed by atoms with E-state index in [1.165, 1.54) is 0 Å². The summed E-state index contributed by atoms with van der Waals surface area (Å²) in [4.78, 5) is 21.2. The van der Waals surface area contributed by atoms with Gasteiger partial charge in [0.2, 0.25) is 0 Å². The minimum atomic E-state index is -1.03. The van der Waals surface area contributed by atoms with Crippen LogP contribution in [-0.4, -0.2) is 29.8 Å². The zero-order chi connectivity index (χ0) is 22.4. The first-order valence-corrected chi connectivity index (χ1v) is 11.2.